The topological polar surface area (TPSA) is 136 Å². The minimum Gasteiger partial charge on any atom is -0.490 e. The smallest absolute Gasteiger partial charge is 0.314 e. The van der Waals surface area contributed by atoms with Gasteiger partial charge < -0.3 is 9.64 Å². The Labute approximate surface area is 220 Å². The first kappa shape index (κ1) is 28.1. The number of nitrogens with zero attached hydrogens (tertiary/aromatic N) is 2. The fourth-order valence-electron chi connectivity index (χ4n) is 3.86. The van der Waals surface area contributed by atoms with Crippen LogP contribution in [-0.4, -0.2) is 38.8 Å². The summed E-state index contributed by atoms with van der Waals surface area (Å²) in [6.07, 6.45) is 0.876. The fraction of sp³-hybridized carbons (Fsp3) is 0.185. The molecule has 3 aromatic carbocycles. The Bertz CT molecular complexity index is 1430. The number of ether oxygens (including phenoxy) is 1. The summed E-state index contributed by atoms with van der Waals surface area (Å²) >= 11 is 0. The quantitative estimate of drug-likeness (QED) is 0.222. The Morgan fingerprint density at radius 1 is 1.03 bits per heavy atom. The first-order chi connectivity index (χ1) is 18.2. The number of hydrogen-bond donors (Lipinski definition) is 1. The maximum absolute atomic E-state index is 13.7. The van der Waals surface area contributed by atoms with Gasteiger partial charge in [0.1, 0.15) is 5.92 Å². The van der Waals surface area contributed by atoms with Crippen molar-refractivity contribution in [1.82, 2.24) is 4.72 Å². The van der Waals surface area contributed by atoms with E-state index in [0.29, 0.717) is 11.3 Å². The molecule has 10 nitrogen and oxygen atoms in total. The van der Waals surface area contributed by atoms with Gasteiger partial charge in [-0.3, -0.25) is 19.7 Å². The summed E-state index contributed by atoms with van der Waals surface area (Å²) in [6, 6.07) is 21.4. The molecule has 38 heavy (non-hydrogen) atoms. The Morgan fingerprint density at radius 2 is 1.66 bits per heavy atom. The molecule has 0 bridgehead atoms. The van der Waals surface area contributed by atoms with Crippen molar-refractivity contribution in [1.29, 1.82) is 0 Å². The third-order valence-electron chi connectivity index (χ3n) is 5.66. The molecule has 3 aromatic rings. The number of carbonyl (C=O) groups excluding carboxylic acids is 2. The average molecular weight is 538 g/mol. The normalized spacial score (nSPS) is 12.1. The van der Waals surface area contributed by atoms with Gasteiger partial charge >= 0.3 is 5.69 Å². The molecule has 1 unspecified atom stereocenters. The maximum Gasteiger partial charge on any atom is 0.314 e. The largest absolute Gasteiger partial charge is 0.490 e. The van der Waals surface area contributed by atoms with E-state index in [-0.39, 0.29) is 17.9 Å². The van der Waals surface area contributed by atoms with Gasteiger partial charge in [0, 0.05) is 17.8 Å². The highest BCUT2D eigenvalue weighted by Gasteiger charge is 2.35. The molecule has 1 atom stereocenters. The number of nitro benzene ring substituents is 1. The van der Waals surface area contributed by atoms with Gasteiger partial charge in [-0.15, -0.1) is 0 Å². The minimum atomic E-state index is -4.30. The van der Waals surface area contributed by atoms with Gasteiger partial charge in [0.15, 0.2) is 5.75 Å². The number of sulfonamides is 1. The van der Waals surface area contributed by atoms with Crippen LogP contribution in [0.3, 0.4) is 0 Å². The molecule has 3 rings (SSSR count). The molecule has 2 amide bonds. The van der Waals surface area contributed by atoms with Crippen LogP contribution in [0.1, 0.15) is 18.1 Å². The number of rotatable bonds is 11. The molecule has 0 saturated heterocycles. The lowest BCUT2D eigenvalue weighted by Gasteiger charge is -2.26. The lowest BCUT2D eigenvalue weighted by Crippen LogP contribution is -2.46. The van der Waals surface area contributed by atoms with Crippen LogP contribution >= 0.6 is 0 Å². The summed E-state index contributed by atoms with van der Waals surface area (Å²) < 4.78 is 32.4. The van der Waals surface area contributed by atoms with Crippen molar-refractivity contribution in [3.05, 3.63) is 106 Å². The zero-order chi connectivity index (χ0) is 27.7. The number of hydrogen-bond acceptors (Lipinski definition) is 7. The van der Waals surface area contributed by atoms with E-state index in [4.69, 9.17) is 4.74 Å². The molecule has 0 aliphatic rings. The molecule has 11 heteroatoms. The van der Waals surface area contributed by atoms with E-state index >= 15 is 0 Å². The molecule has 0 aliphatic heterocycles. The molecule has 0 saturated carbocycles. The van der Waals surface area contributed by atoms with Gasteiger partial charge in [-0.25, -0.2) is 13.1 Å². The second-order valence-corrected chi connectivity index (χ2v) is 9.69. The van der Waals surface area contributed by atoms with Crippen LogP contribution in [-0.2, 0) is 26.0 Å². The molecule has 198 valence electrons. The van der Waals surface area contributed by atoms with Crippen molar-refractivity contribution >= 4 is 39.3 Å². The molecular formula is C27H27N3O7S. The lowest BCUT2D eigenvalue weighted by molar-refractivity contribution is -0.386. The summed E-state index contributed by atoms with van der Waals surface area (Å²) in [6.45, 7) is 1.88. The van der Waals surface area contributed by atoms with E-state index in [0.717, 1.165) is 5.41 Å². The van der Waals surface area contributed by atoms with Crippen LogP contribution < -0.4 is 14.4 Å². The van der Waals surface area contributed by atoms with Gasteiger partial charge in [0.25, 0.3) is 10.0 Å². The Kier molecular flexibility index (Phi) is 9.33. The molecule has 0 radical (unpaired) electrons. The summed E-state index contributed by atoms with van der Waals surface area (Å²) in [4.78, 5) is 39.5. The summed E-state index contributed by atoms with van der Waals surface area (Å²) in [5.74, 6) is -3.47. The van der Waals surface area contributed by atoms with E-state index < -0.39 is 44.8 Å². The van der Waals surface area contributed by atoms with E-state index in [2.05, 4.69) is 0 Å². The number of nitro groups is 1. The molecule has 0 heterocycles. The highest BCUT2D eigenvalue weighted by molar-refractivity contribution is 7.93. The van der Waals surface area contributed by atoms with Gasteiger partial charge in [-0.1, -0.05) is 60.7 Å². The SMILES string of the molecule is CCN(C(=O)C(Cc1cccc(OC)c1[N+](=O)[O-])C(=O)NS(=O)(=O)C=Cc1ccccc1)c1ccccc1. The van der Waals surface area contributed by atoms with Crippen LogP contribution in [0.2, 0.25) is 0 Å². The monoisotopic (exact) mass is 537 g/mol. The molecular weight excluding hydrogens is 510 g/mol. The Balaban J connectivity index is 1.99. The number of anilines is 1. The third kappa shape index (κ3) is 7.04. The van der Waals surface area contributed by atoms with Gasteiger partial charge in [-0.2, -0.15) is 0 Å². The van der Waals surface area contributed by atoms with Crippen LogP contribution in [0, 0.1) is 16.0 Å². The first-order valence-corrected chi connectivity index (χ1v) is 13.2. The Hall–Kier alpha value is -4.51. The third-order valence-corrected chi connectivity index (χ3v) is 6.64. The number of nitrogens with one attached hydrogen (secondary N) is 1. The molecule has 0 fully saturated rings. The minimum absolute atomic E-state index is 0.0455. The zero-order valence-corrected chi connectivity index (χ0v) is 21.6. The second-order valence-electron chi connectivity index (χ2n) is 8.12. The second kappa shape index (κ2) is 12.6. The van der Waals surface area contributed by atoms with Crippen molar-refractivity contribution in [2.24, 2.45) is 5.92 Å². The lowest BCUT2D eigenvalue weighted by atomic mass is 9.95. The number of methoxy groups -OCH3 is 1. The van der Waals surface area contributed by atoms with Crippen molar-refractivity contribution in [3.8, 4) is 5.75 Å². The van der Waals surface area contributed by atoms with Crippen molar-refractivity contribution in [2.45, 2.75) is 13.3 Å². The standard InChI is InChI=1S/C27H27N3O7S/c1-3-29(22-14-8-5-9-15-22)27(32)23(19-21-13-10-16-24(37-2)25(21)30(33)34)26(31)28-38(35,36)18-17-20-11-6-4-7-12-20/h4-18,23H,3,19H2,1-2H3,(H,28,31). The first-order valence-electron chi connectivity index (χ1n) is 11.6. The number of amides is 2. The molecule has 1 N–H and O–H groups in total. The summed E-state index contributed by atoms with van der Waals surface area (Å²) in [7, 11) is -3.03. The predicted molar refractivity (Wildman–Crippen MR) is 144 cm³/mol. The summed E-state index contributed by atoms with van der Waals surface area (Å²) in [5.41, 5.74) is 0.718. The van der Waals surface area contributed by atoms with Gasteiger partial charge in [0.05, 0.1) is 17.4 Å². The zero-order valence-electron chi connectivity index (χ0n) is 20.8. The van der Waals surface area contributed by atoms with Crippen molar-refractivity contribution < 1.29 is 27.7 Å². The van der Waals surface area contributed by atoms with Crippen molar-refractivity contribution in [3.63, 3.8) is 0 Å². The summed E-state index contributed by atoms with van der Waals surface area (Å²) in [5, 5.41) is 12.6. The van der Waals surface area contributed by atoms with Crippen LogP contribution in [0.5, 0.6) is 5.75 Å². The maximum atomic E-state index is 13.7. The van der Waals surface area contributed by atoms with E-state index in [9.17, 15) is 28.1 Å². The highest BCUT2D eigenvalue weighted by Crippen LogP contribution is 2.33. The molecule has 0 spiro atoms. The van der Waals surface area contributed by atoms with Gasteiger partial charge in [-0.05, 0) is 43.2 Å². The van der Waals surface area contributed by atoms with Gasteiger partial charge in [0.2, 0.25) is 11.8 Å². The van der Waals surface area contributed by atoms with Crippen LogP contribution in [0.4, 0.5) is 11.4 Å². The number of para-hydroxylation sites is 2. The fourth-order valence-corrected chi connectivity index (χ4v) is 4.68. The van der Waals surface area contributed by atoms with E-state index in [1.54, 1.807) is 67.6 Å². The van der Waals surface area contributed by atoms with Crippen LogP contribution in [0.15, 0.2) is 84.3 Å². The molecule has 0 aliphatic carbocycles. The Morgan fingerprint density at radius 3 is 2.24 bits per heavy atom. The predicted octanol–water partition coefficient (Wildman–Crippen LogP) is 3.93. The highest BCUT2D eigenvalue weighted by atomic mass is 32.2. The van der Waals surface area contributed by atoms with E-state index in [1.807, 2.05) is 4.72 Å². The number of benzene rings is 3. The average Bonchev–Trinajstić information content (AvgIpc) is 2.91. The number of carbonyl (C=O) groups is 2. The molecule has 0 aromatic heterocycles. The van der Waals surface area contributed by atoms with E-state index in [1.165, 1.54) is 36.3 Å². The van der Waals surface area contributed by atoms with Crippen LogP contribution in [0.25, 0.3) is 6.08 Å². The van der Waals surface area contributed by atoms with Crippen molar-refractivity contribution in [2.75, 3.05) is 18.6 Å².